The van der Waals surface area contributed by atoms with Gasteiger partial charge in [-0.25, -0.2) is 0 Å². The second-order valence-corrected chi connectivity index (χ2v) is 5.87. The van der Waals surface area contributed by atoms with Gasteiger partial charge in [-0.2, -0.15) is 0 Å². The predicted octanol–water partition coefficient (Wildman–Crippen LogP) is 4.50. The zero-order valence-corrected chi connectivity index (χ0v) is 14.9. The molecule has 2 aromatic carbocycles. The average Bonchev–Trinajstić information content (AvgIpc) is 2.52. The maximum Gasteiger partial charge on any atom is 0.223 e. The number of hydrogen-bond donors (Lipinski definition) is 1. The molecule has 0 aliphatic rings. The molecule has 0 heterocycles. The first kappa shape index (κ1) is 19.3. The first-order valence-corrected chi connectivity index (χ1v) is 7.71. The van der Waals surface area contributed by atoms with Gasteiger partial charge in [0.05, 0.1) is 6.04 Å². The summed E-state index contributed by atoms with van der Waals surface area (Å²) in [5.41, 5.74) is 8.69. The molecule has 1 atom stereocenters. The highest BCUT2D eigenvalue weighted by Gasteiger charge is 2.17. The van der Waals surface area contributed by atoms with Crippen molar-refractivity contribution in [3.05, 3.63) is 64.7 Å². The molecule has 0 aliphatic heterocycles. The molecule has 0 saturated heterocycles. The molecule has 0 saturated carbocycles. The maximum atomic E-state index is 12.4. The summed E-state index contributed by atoms with van der Waals surface area (Å²) in [6.45, 7) is 2.00. The number of nitrogen functional groups attached to an aromatic ring is 1. The monoisotopic (exact) mass is 352 g/mol. The van der Waals surface area contributed by atoms with E-state index < -0.39 is 0 Å². The largest absolute Gasteiger partial charge is 0.399 e. The zero-order valence-electron chi connectivity index (χ0n) is 13.3. The molecule has 1 amide bonds. The van der Waals surface area contributed by atoms with E-state index in [4.69, 9.17) is 17.3 Å². The summed E-state index contributed by atoms with van der Waals surface area (Å²) in [6, 6.07) is 15.2. The molecule has 0 radical (unpaired) electrons. The van der Waals surface area contributed by atoms with E-state index in [1.165, 1.54) is 0 Å². The lowest BCUT2D eigenvalue weighted by Gasteiger charge is -2.25. The van der Waals surface area contributed by atoms with Gasteiger partial charge in [0.15, 0.2) is 0 Å². The molecule has 0 fully saturated rings. The van der Waals surface area contributed by atoms with Crippen LogP contribution in [0.15, 0.2) is 48.5 Å². The molecule has 23 heavy (non-hydrogen) atoms. The number of aryl methyl sites for hydroxylation is 1. The molecule has 2 aromatic rings. The molecule has 5 heteroatoms. The molecular formula is C18H22Cl2N2O. The van der Waals surface area contributed by atoms with Crippen molar-refractivity contribution in [2.75, 3.05) is 12.8 Å². The fourth-order valence-corrected chi connectivity index (χ4v) is 2.58. The number of halogens is 2. The fourth-order valence-electron chi connectivity index (χ4n) is 2.39. The Kier molecular flexibility index (Phi) is 7.40. The second-order valence-electron chi connectivity index (χ2n) is 5.43. The Labute approximate surface area is 148 Å². The smallest absolute Gasteiger partial charge is 0.223 e. The Morgan fingerprint density at radius 1 is 1.22 bits per heavy atom. The highest BCUT2D eigenvalue weighted by Crippen LogP contribution is 2.23. The van der Waals surface area contributed by atoms with Crippen LogP contribution < -0.4 is 5.73 Å². The van der Waals surface area contributed by atoms with Crippen molar-refractivity contribution in [3.8, 4) is 0 Å². The minimum Gasteiger partial charge on any atom is -0.399 e. The van der Waals surface area contributed by atoms with Crippen LogP contribution in [0, 0.1) is 0 Å². The van der Waals surface area contributed by atoms with Crippen LogP contribution >= 0.6 is 24.0 Å². The Bertz CT molecular complexity index is 661. The summed E-state index contributed by atoms with van der Waals surface area (Å²) < 4.78 is 0. The Morgan fingerprint density at radius 3 is 2.57 bits per heavy atom. The molecule has 0 bridgehead atoms. The van der Waals surface area contributed by atoms with Gasteiger partial charge < -0.3 is 10.6 Å². The molecule has 2 N–H and O–H groups in total. The zero-order chi connectivity index (χ0) is 16.1. The maximum absolute atomic E-state index is 12.4. The normalized spacial score (nSPS) is 11.4. The standard InChI is InChI=1S/C18H21ClN2O.ClH/c1-13(15-7-5-8-16(19)12-15)21(2)18(22)11-10-14-6-3-4-9-17(14)20;/h3-9,12-13H,10-11,20H2,1-2H3;1H. The quantitative estimate of drug-likeness (QED) is 0.805. The number of anilines is 1. The molecule has 1 unspecified atom stereocenters. The summed E-state index contributed by atoms with van der Waals surface area (Å²) in [5.74, 6) is 0.0933. The number of amides is 1. The van der Waals surface area contributed by atoms with Crippen LogP contribution in [0.3, 0.4) is 0 Å². The van der Waals surface area contributed by atoms with Crippen LogP contribution in [0.2, 0.25) is 5.02 Å². The molecule has 2 rings (SSSR count). The third-order valence-electron chi connectivity index (χ3n) is 3.97. The highest BCUT2D eigenvalue weighted by atomic mass is 35.5. The lowest BCUT2D eigenvalue weighted by molar-refractivity contribution is -0.131. The van der Waals surface area contributed by atoms with E-state index in [0.29, 0.717) is 17.9 Å². The van der Waals surface area contributed by atoms with Crippen molar-refractivity contribution in [1.29, 1.82) is 0 Å². The average molecular weight is 353 g/mol. The number of para-hydroxylation sites is 1. The van der Waals surface area contributed by atoms with E-state index in [0.717, 1.165) is 16.8 Å². The van der Waals surface area contributed by atoms with Crippen LogP contribution in [0.25, 0.3) is 0 Å². The van der Waals surface area contributed by atoms with Crippen LogP contribution in [0.5, 0.6) is 0 Å². The van der Waals surface area contributed by atoms with Crippen LogP contribution in [-0.2, 0) is 11.2 Å². The van der Waals surface area contributed by atoms with Gasteiger partial charge in [0.25, 0.3) is 0 Å². The summed E-state index contributed by atoms with van der Waals surface area (Å²) in [4.78, 5) is 14.1. The van der Waals surface area contributed by atoms with E-state index in [9.17, 15) is 4.79 Å². The predicted molar refractivity (Wildman–Crippen MR) is 99.1 cm³/mol. The first-order valence-electron chi connectivity index (χ1n) is 7.33. The van der Waals surface area contributed by atoms with Crippen LogP contribution in [0.1, 0.15) is 30.5 Å². The number of hydrogen-bond acceptors (Lipinski definition) is 2. The lowest BCUT2D eigenvalue weighted by Crippen LogP contribution is -2.29. The highest BCUT2D eigenvalue weighted by molar-refractivity contribution is 6.30. The summed E-state index contributed by atoms with van der Waals surface area (Å²) in [5, 5.41) is 0.683. The number of nitrogens with zero attached hydrogens (tertiary/aromatic N) is 1. The van der Waals surface area contributed by atoms with E-state index in [2.05, 4.69) is 0 Å². The number of rotatable bonds is 5. The van der Waals surface area contributed by atoms with Gasteiger partial charge in [0, 0.05) is 24.2 Å². The van der Waals surface area contributed by atoms with Crippen molar-refractivity contribution in [2.24, 2.45) is 0 Å². The molecule has 124 valence electrons. The molecule has 0 spiro atoms. The van der Waals surface area contributed by atoms with Gasteiger partial charge in [-0.15, -0.1) is 12.4 Å². The number of carbonyl (C=O) groups is 1. The van der Waals surface area contributed by atoms with Crippen LogP contribution in [0.4, 0.5) is 5.69 Å². The SMILES string of the molecule is CC(c1cccc(Cl)c1)N(C)C(=O)CCc1ccccc1N.Cl. The van der Waals surface area contributed by atoms with E-state index in [-0.39, 0.29) is 24.4 Å². The Balaban J connectivity index is 0.00000264. The van der Waals surface area contributed by atoms with Crippen molar-refractivity contribution in [2.45, 2.75) is 25.8 Å². The van der Waals surface area contributed by atoms with Crippen molar-refractivity contribution in [1.82, 2.24) is 4.90 Å². The third kappa shape index (κ3) is 5.15. The summed E-state index contributed by atoms with van der Waals surface area (Å²) >= 11 is 6.01. The summed E-state index contributed by atoms with van der Waals surface area (Å²) in [6.07, 6.45) is 1.09. The minimum absolute atomic E-state index is 0. The molecular weight excluding hydrogens is 331 g/mol. The van der Waals surface area contributed by atoms with E-state index in [1.807, 2.05) is 62.5 Å². The third-order valence-corrected chi connectivity index (χ3v) is 4.20. The van der Waals surface area contributed by atoms with Crippen LogP contribution in [-0.4, -0.2) is 17.9 Å². The van der Waals surface area contributed by atoms with Gasteiger partial charge in [-0.1, -0.05) is 41.9 Å². The number of benzene rings is 2. The molecule has 0 aliphatic carbocycles. The van der Waals surface area contributed by atoms with Crippen molar-refractivity contribution in [3.63, 3.8) is 0 Å². The number of carbonyl (C=O) groups excluding carboxylic acids is 1. The van der Waals surface area contributed by atoms with Gasteiger partial charge in [0.1, 0.15) is 0 Å². The molecule has 3 nitrogen and oxygen atoms in total. The van der Waals surface area contributed by atoms with Gasteiger partial charge in [0.2, 0.25) is 5.91 Å². The fraction of sp³-hybridized carbons (Fsp3) is 0.278. The minimum atomic E-state index is -0.0145. The summed E-state index contributed by atoms with van der Waals surface area (Å²) in [7, 11) is 1.82. The van der Waals surface area contributed by atoms with Gasteiger partial charge in [-0.3, -0.25) is 4.79 Å². The molecule has 0 aromatic heterocycles. The van der Waals surface area contributed by atoms with E-state index in [1.54, 1.807) is 4.90 Å². The van der Waals surface area contributed by atoms with Crippen molar-refractivity contribution >= 4 is 35.6 Å². The number of nitrogens with two attached hydrogens (primary N) is 1. The second kappa shape index (κ2) is 8.80. The topological polar surface area (TPSA) is 46.3 Å². The van der Waals surface area contributed by atoms with Gasteiger partial charge in [-0.05, 0) is 42.7 Å². The van der Waals surface area contributed by atoms with Crippen molar-refractivity contribution < 1.29 is 4.79 Å². The Hall–Kier alpha value is -1.71. The van der Waals surface area contributed by atoms with Gasteiger partial charge >= 0.3 is 0 Å². The lowest BCUT2D eigenvalue weighted by atomic mass is 10.0. The van der Waals surface area contributed by atoms with E-state index >= 15 is 0 Å². The first-order chi connectivity index (χ1) is 10.5. The Morgan fingerprint density at radius 2 is 1.91 bits per heavy atom.